The Bertz CT molecular complexity index is 996. The third-order valence-corrected chi connectivity index (χ3v) is 8.87. The predicted molar refractivity (Wildman–Crippen MR) is 103 cm³/mol. The summed E-state index contributed by atoms with van der Waals surface area (Å²) in [7, 11) is -7.13. The van der Waals surface area contributed by atoms with Crippen molar-refractivity contribution in [3.05, 3.63) is 65.2 Å². The summed E-state index contributed by atoms with van der Waals surface area (Å²) in [6.07, 6.45) is 0. The molecule has 1 aliphatic heterocycles. The number of hydrogen-bond donors (Lipinski definition) is 1. The highest BCUT2D eigenvalue weighted by molar-refractivity contribution is 7.96. The van der Waals surface area contributed by atoms with Crippen LogP contribution in [0.15, 0.2) is 53.4 Å². The van der Waals surface area contributed by atoms with E-state index in [1.54, 1.807) is 24.3 Å². The van der Waals surface area contributed by atoms with E-state index in [-0.39, 0.29) is 16.4 Å². The molecule has 3 rings (SSSR count). The normalized spacial score (nSPS) is 22.4. The first-order valence-corrected chi connectivity index (χ1v) is 11.8. The molecule has 0 spiro atoms. The molecule has 0 radical (unpaired) electrons. The Morgan fingerprint density at radius 2 is 1.69 bits per heavy atom. The summed E-state index contributed by atoms with van der Waals surface area (Å²) >= 11 is 0. The molecule has 2 aromatic carbocycles. The lowest BCUT2D eigenvalue weighted by molar-refractivity contribution is 0.526. The van der Waals surface area contributed by atoms with Crippen LogP contribution in [0.5, 0.6) is 0 Å². The summed E-state index contributed by atoms with van der Waals surface area (Å²) in [5, 5.41) is 2.19. The molecule has 1 heterocycles. The van der Waals surface area contributed by atoms with Crippen LogP contribution in [0.4, 0.5) is 0 Å². The zero-order chi connectivity index (χ0) is 18.9. The molecule has 1 fully saturated rings. The van der Waals surface area contributed by atoms with Crippen LogP contribution >= 0.6 is 0 Å². The maximum Gasteiger partial charge on any atom is 0.183 e. The summed E-state index contributed by atoms with van der Waals surface area (Å²) in [6, 6.07) is 13.8. The topological polar surface area (TPSA) is 80.3 Å². The lowest BCUT2D eigenvalue weighted by Crippen LogP contribution is -2.43. The van der Waals surface area contributed by atoms with Gasteiger partial charge in [-0.1, -0.05) is 47.5 Å². The van der Waals surface area contributed by atoms with Gasteiger partial charge in [0, 0.05) is 12.6 Å². The highest BCUT2D eigenvalue weighted by atomic mass is 32.2. The van der Waals surface area contributed by atoms with Gasteiger partial charge >= 0.3 is 0 Å². The number of hydrogen-bond acceptors (Lipinski definition) is 5. The van der Waals surface area contributed by atoms with Gasteiger partial charge in [0.25, 0.3) is 0 Å². The second kappa shape index (κ2) is 7.13. The Kier molecular flexibility index (Phi) is 5.23. The van der Waals surface area contributed by atoms with Crippen molar-refractivity contribution < 1.29 is 16.8 Å². The van der Waals surface area contributed by atoms with Crippen molar-refractivity contribution in [1.82, 2.24) is 5.32 Å². The first-order chi connectivity index (χ1) is 12.2. The molecule has 0 bridgehead atoms. The summed E-state index contributed by atoms with van der Waals surface area (Å²) in [4.78, 5) is 0.174. The number of rotatable bonds is 5. The van der Waals surface area contributed by atoms with Gasteiger partial charge in [-0.25, -0.2) is 16.8 Å². The summed E-state index contributed by atoms with van der Waals surface area (Å²) in [5.41, 5.74) is 3.06. The SMILES string of the molecule is Cc1ccc(S(=O)(=O)[C@H]2CS(=O)(=O)C[C@@H]2NCc2cccc(C)c2)cc1. The van der Waals surface area contributed by atoms with Gasteiger partial charge in [0.05, 0.1) is 21.7 Å². The predicted octanol–water partition coefficient (Wildman–Crippen LogP) is 2.03. The highest BCUT2D eigenvalue weighted by Crippen LogP contribution is 2.26. The standard InChI is InChI=1S/C19H23NO4S2/c1-14-6-8-17(9-7-14)26(23,24)19-13-25(21,22)12-18(19)20-11-16-5-3-4-15(2)10-16/h3-10,18-20H,11-13H2,1-2H3/t18-,19-/m0/s1. The summed E-state index contributed by atoms with van der Waals surface area (Å²) in [5.74, 6) is -0.497. The summed E-state index contributed by atoms with van der Waals surface area (Å²) in [6.45, 7) is 4.29. The lowest BCUT2D eigenvalue weighted by Gasteiger charge is -2.20. The fourth-order valence-electron chi connectivity index (χ4n) is 3.29. The van der Waals surface area contributed by atoms with Gasteiger partial charge in [-0.3, -0.25) is 0 Å². The molecule has 1 aliphatic rings. The van der Waals surface area contributed by atoms with Gasteiger partial charge in [-0.05, 0) is 31.5 Å². The Morgan fingerprint density at radius 3 is 2.35 bits per heavy atom. The van der Waals surface area contributed by atoms with E-state index in [2.05, 4.69) is 5.32 Å². The smallest absolute Gasteiger partial charge is 0.183 e. The van der Waals surface area contributed by atoms with Crippen LogP contribution in [0.25, 0.3) is 0 Å². The van der Waals surface area contributed by atoms with E-state index in [1.807, 2.05) is 38.1 Å². The Balaban J connectivity index is 1.85. The van der Waals surface area contributed by atoms with Crippen LogP contribution < -0.4 is 5.32 Å². The minimum atomic E-state index is -3.73. The minimum Gasteiger partial charge on any atom is -0.308 e. The van der Waals surface area contributed by atoms with Gasteiger partial charge in [0.1, 0.15) is 0 Å². The molecule has 0 aromatic heterocycles. The van der Waals surface area contributed by atoms with Crippen LogP contribution in [0.3, 0.4) is 0 Å². The number of nitrogens with one attached hydrogen (secondary N) is 1. The van der Waals surface area contributed by atoms with Gasteiger partial charge in [-0.2, -0.15) is 0 Å². The van der Waals surface area contributed by atoms with Crippen molar-refractivity contribution >= 4 is 19.7 Å². The highest BCUT2D eigenvalue weighted by Gasteiger charge is 2.45. The van der Waals surface area contributed by atoms with Crippen LogP contribution in [0.1, 0.15) is 16.7 Å². The fraction of sp³-hybridized carbons (Fsp3) is 0.368. The first-order valence-electron chi connectivity index (χ1n) is 8.47. The van der Waals surface area contributed by atoms with E-state index >= 15 is 0 Å². The first kappa shape index (κ1) is 19.1. The average Bonchev–Trinajstić information content (AvgIpc) is 2.89. The summed E-state index contributed by atoms with van der Waals surface area (Å²) < 4.78 is 50.3. The average molecular weight is 394 g/mol. The van der Waals surface area contributed by atoms with E-state index in [4.69, 9.17) is 0 Å². The lowest BCUT2D eigenvalue weighted by atomic mass is 10.1. The Morgan fingerprint density at radius 1 is 1.00 bits per heavy atom. The third-order valence-electron chi connectivity index (χ3n) is 4.70. The van der Waals surface area contributed by atoms with E-state index < -0.39 is 31.0 Å². The van der Waals surface area contributed by atoms with E-state index in [1.165, 1.54) is 0 Å². The van der Waals surface area contributed by atoms with E-state index in [0.29, 0.717) is 6.54 Å². The van der Waals surface area contributed by atoms with Crippen LogP contribution in [0, 0.1) is 13.8 Å². The van der Waals surface area contributed by atoms with Crippen LogP contribution in [0.2, 0.25) is 0 Å². The number of aryl methyl sites for hydroxylation is 2. The molecule has 2 atom stereocenters. The zero-order valence-electron chi connectivity index (χ0n) is 14.8. The molecular weight excluding hydrogens is 370 g/mol. The molecule has 1 N–H and O–H groups in total. The van der Waals surface area contributed by atoms with Crippen molar-refractivity contribution in [2.75, 3.05) is 11.5 Å². The molecule has 1 saturated heterocycles. The molecule has 0 unspecified atom stereocenters. The van der Waals surface area contributed by atoms with Crippen molar-refractivity contribution in [1.29, 1.82) is 0 Å². The molecule has 7 heteroatoms. The van der Waals surface area contributed by atoms with Crippen LogP contribution in [-0.4, -0.2) is 39.6 Å². The van der Waals surface area contributed by atoms with Crippen molar-refractivity contribution in [2.45, 2.75) is 36.6 Å². The quantitative estimate of drug-likeness (QED) is 0.841. The molecule has 140 valence electrons. The minimum absolute atomic E-state index is 0.158. The second-order valence-corrected chi connectivity index (χ2v) is 11.3. The number of benzene rings is 2. The zero-order valence-corrected chi connectivity index (χ0v) is 16.5. The van der Waals surface area contributed by atoms with E-state index in [9.17, 15) is 16.8 Å². The molecule has 0 aliphatic carbocycles. The van der Waals surface area contributed by atoms with Crippen molar-refractivity contribution in [2.24, 2.45) is 0 Å². The number of sulfone groups is 2. The van der Waals surface area contributed by atoms with E-state index in [0.717, 1.165) is 16.7 Å². The molecule has 26 heavy (non-hydrogen) atoms. The second-order valence-electron chi connectivity index (χ2n) is 6.95. The largest absolute Gasteiger partial charge is 0.308 e. The molecular formula is C19H23NO4S2. The van der Waals surface area contributed by atoms with Crippen molar-refractivity contribution in [3.8, 4) is 0 Å². The van der Waals surface area contributed by atoms with Crippen molar-refractivity contribution in [3.63, 3.8) is 0 Å². The maximum absolute atomic E-state index is 13.0. The molecule has 0 amide bonds. The van der Waals surface area contributed by atoms with Gasteiger partial charge in [-0.15, -0.1) is 0 Å². The van der Waals surface area contributed by atoms with Crippen LogP contribution in [-0.2, 0) is 26.2 Å². The molecule has 5 nitrogen and oxygen atoms in total. The van der Waals surface area contributed by atoms with Gasteiger partial charge in [0.15, 0.2) is 19.7 Å². The molecule has 0 saturated carbocycles. The van der Waals surface area contributed by atoms with Gasteiger partial charge in [0.2, 0.25) is 0 Å². The fourth-order valence-corrected chi connectivity index (χ4v) is 8.00. The molecule has 2 aromatic rings. The maximum atomic E-state index is 13.0. The van der Waals surface area contributed by atoms with Gasteiger partial charge < -0.3 is 5.32 Å². The Hall–Kier alpha value is -1.70. The Labute approximate surface area is 155 Å². The third kappa shape index (κ3) is 4.16. The monoisotopic (exact) mass is 393 g/mol.